The van der Waals surface area contributed by atoms with Gasteiger partial charge < -0.3 is 5.11 Å². The Hall–Kier alpha value is -0.440. The number of carboxylic acid groups (broad SMARTS) is 1. The molecule has 3 heteroatoms. The van der Waals surface area contributed by atoms with Crippen molar-refractivity contribution in [2.45, 2.75) is 110 Å². The number of carboxylic acids is 1. The van der Waals surface area contributed by atoms with E-state index in [1.54, 1.807) is 0 Å². The van der Waals surface area contributed by atoms with Gasteiger partial charge in [-0.2, -0.15) is 12.6 Å². The van der Waals surface area contributed by atoms with Crippen LogP contribution in [-0.4, -0.2) is 16.8 Å². The van der Waals surface area contributed by atoms with Crippen molar-refractivity contribution in [2.75, 3.05) is 5.75 Å². The van der Waals surface area contributed by atoms with Crippen LogP contribution in [0.4, 0.5) is 0 Å². The Kier molecular flexibility index (Phi) is 26.7. The van der Waals surface area contributed by atoms with Gasteiger partial charge in [0.05, 0.1) is 0 Å². The number of aliphatic carboxylic acids is 1. The highest BCUT2D eigenvalue weighted by molar-refractivity contribution is 7.80. The number of carbonyl (C=O) groups is 1. The molecule has 144 valence electrons. The maximum absolute atomic E-state index is 9.25. The van der Waals surface area contributed by atoms with Crippen LogP contribution in [-0.2, 0) is 4.79 Å². The van der Waals surface area contributed by atoms with Crippen LogP contribution in [0.15, 0.2) is 12.7 Å². The predicted molar refractivity (Wildman–Crippen MR) is 111 cm³/mol. The normalized spacial score (nSPS) is 10.1. The van der Waals surface area contributed by atoms with Crippen molar-refractivity contribution in [3.63, 3.8) is 0 Å². The SMILES string of the molecule is C=CC(=O)O.CCCCCCCCCCCCCCCCCCS. The van der Waals surface area contributed by atoms with Crippen LogP contribution < -0.4 is 0 Å². The summed E-state index contributed by atoms with van der Waals surface area (Å²) in [6.45, 7) is 5.25. The van der Waals surface area contributed by atoms with Crippen molar-refractivity contribution < 1.29 is 9.90 Å². The molecule has 0 atom stereocenters. The topological polar surface area (TPSA) is 37.3 Å². The van der Waals surface area contributed by atoms with Crippen LogP contribution >= 0.6 is 12.6 Å². The smallest absolute Gasteiger partial charge is 0.327 e. The molecule has 0 radical (unpaired) electrons. The summed E-state index contributed by atoms with van der Waals surface area (Å²) in [6.07, 6.45) is 24.0. The molecule has 0 rings (SSSR count). The van der Waals surface area contributed by atoms with Crippen LogP contribution in [0, 0.1) is 0 Å². The van der Waals surface area contributed by atoms with Crippen molar-refractivity contribution in [3.8, 4) is 0 Å². The Morgan fingerprint density at radius 3 is 1.21 bits per heavy atom. The van der Waals surface area contributed by atoms with Crippen molar-refractivity contribution in [1.82, 2.24) is 0 Å². The van der Waals surface area contributed by atoms with E-state index in [0.29, 0.717) is 0 Å². The van der Waals surface area contributed by atoms with Gasteiger partial charge in [0.15, 0.2) is 0 Å². The van der Waals surface area contributed by atoms with Crippen LogP contribution in [0.5, 0.6) is 0 Å². The molecule has 2 nitrogen and oxygen atoms in total. The Morgan fingerprint density at radius 2 is 1.00 bits per heavy atom. The Balaban J connectivity index is 0. The number of thiol groups is 1. The molecule has 0 saturated carbocycles. The highest BCUT2D eigenvalue weighted by Gasteiger charge is 1.94. The Morgan fingerprint density at radius 1 is 0.750 bits per heavy atom. The highest BCUT2D eigenvalue weighted by atomic mass is 32.1. The van der Waals surface area contributed by atoms with E-state index in [0.717, 1.165) is 11.8 Å². The lowest BCUT2D eigenvalue weighted by atomic mass is 10.0. The fourth-order valence-electron chi connectivity index (χ4n) is 2.66. The standard InChI is InChI=1S/C18H38S.C3H4O2/c1-2-3-4-5-6-7-8-9-10-11-12-13-14-15-16-17-18-19;1-2-3(4)5/h19H,2-18H2,1H3;2H,1H2,(H,4,5). The minimum Gasteiger partial charge on any atom is -0.478 e. The maximum Gasteiger partial charge on any atom is 0.327 e. The summed E-state index contributed by atoms with van der Waals surface area (Å²) in [4.78, 5) is 9.25. The minimum atomic E-state index is -0.981. The fraction of sp³-hybridized carbons (Fsp3) is 0.857. The third kappa shape index (κ3) is 29.6. The molecule has 1 N–H and O–H groups in total. The second kappa shape index (κ2) is 24.8. The van der Waals surface area contributed by atoms with Crippen molar-refractivity contribution >= 4 is 18.6 Å². The summed E-state index contributed by atoms with van der Waals surface area (Å²) in [6, 6.07) is 0. The van der Waals surface area contributed by atoms with Crippen molar-refractivity contribution in [1.29, 1.82) is 0 Å². The molecule has 0 aromatic carbocycles. The molecule has 0 unspecified atom stereocenters. The lowest BCUT2D eigenvalue weighted by Gasteiger charge is -2.03. The van der Waals surface area contributed by atoms with E-state index in [-0.39, 0.29) is 0 Å². The molecule has 0 amide bonds. The van der Waals surface area contributed by atoms with Gasteiger partial charge in [-0.3, -0.25) is 0 Å². The van der Waals surface area contributed by atoms with E-state index in [9.17, 15) is 4.79 Å². The first-order valence-corrected chi connectivity index (χ1v) is 10.8. The third-order valence-electron chi connectivity index (χ3n) is 4.19. The molecule has 0 aliphatic carbocycles. The van der Waals surface area contributed by atoms with Gasteiger partial charge >= 0.3 is 5.97 Å². The van der Waals surface area contributed by atoms with E-state index in [2.05, 4.69) is 26.1 Å². The summed E-state index contributed by atoms with van der Waals surface area (Å²) in [5, 5.41) is 7.60. The van der Waals surface area contributed by atoms with E-state index >= 15 is 0 Å². The predicted octanol–water partition coefficient (Wildman–Crippen LogP) is 7.43. The van der Waals surface area contributed by atoms with Crippen LogP contribution in [0.25, 0.3) is 0 Å². The Bertz CT molecular complexity index is 238. The first kappa shape index (κ1) is 25.8. The summed E-state index contributed by atoms with van der Waals surface area (Å²) < 4.78 is 0. The van der Waals surface area contributed by atoms with Crippen LogP contribution in [0.2, 0.25) is 0 Å². The molecule has 0 aliphatic heterocycles. The second-order valence-electron chi connectivity index (χ2n) is 6.57. The van der Waals surface area contributed by atoms with Gasteiger partial charge in [-0.25, -0.2) is 4.79 Å². The van der Waals surface area contributed by atoms with Gasteiger partial charge in [0.1, 0.15) is 0 Å². The molecular weight excluding hydrogens is 316 g/mol. The largest absolute Gasteiger partial charge is 0.478 e. The van der Waals surface area contributed by atoms with Gasteiger partial charge in [-0.1, -0.05) is 110 Å². The van der Waals surface area contributed by atoms with Gasteiger partial charge in [-0.15, -0.1) is 0 Å². The summed E-state index contributed by atoms with van der Waals surface area (Å²) in [5.74, 6) is 0.0864. The molecule has 0 aliphatic rings. The summed E-state index contributed by atoms with van der Waals surface area (Å²) >= 11 is 4.24. The molecule has 0 aromatic rings. The van der Waals surface area contributed by atoms with Gasteiger partial charge in [0.2, 0.25) is 0 Å². The zero-order chi connectivity index (χ0) is 18.3. The lowest BCUT2D eigenvalue weighted by Crippen LogP contribution is -1.83. The lowest BCUT2D eigenvalue weighted by molar-refractivity contribution is -0.131. The second-order valence-corrected chi connectivity index (χ2v) is 7.02. The monoisotopic (exact) mass is 358 g/mol. The number of unbranched alkanes of at least 4 members (excludes halogenated alkanes) is 15. The first-order chi connectivity index (χ1) is 11.7. The molecular formula is C21H42O2S. The molecule has 0 spiro atoms. The van der Waals surface area contributed by atoms with E-state index in [1.165, 1.54) is 103 Å². The highest BCUT2D eigenvalue weighted by Crippen LogP contribution is 2.13. The number of hydrogen-bond donors (Lipinski definition) is 2. The third-order valence-corrected chi connectivity index (χ3v) is 4.50. The molecule has 0 bridgehead atoms. The molecule has 24 heavy (non-hydrogen) atoms. The zero-order valence-electron chi connectivity index (χ0n) is 16.1. The van der Waals surface area contributed by atoms with E-state index in [1.807, 2.05) is 0 Å². The van der Waals surface area contributed by atoms with Gasteiger partial charge in [0, 0.05) is 6.08 Å². The summed E-state index contributed by atoms with van der Waals surface area (Å²) in [7, 11) is 0. The van der Waals surface area contributed by atoms with Crippen LogP contribution in [0.3, 0.4) is 0 Å². The quantitative estimate of drug-likeness (QED) is 0.161. The molecule has 0 fully saturated rings. The number of rotatable bonds is 17. The van der Waals surface area contributed by atoms with Crippen molar-refractivity contribution in [2.24, 2.45) is 0 Å². The average molecular weight is 359 g/mol. The van der Waals surface area contributed by atoms with Crippen molar-refractivity contribution in [3.05, 3.63) is 12.7 Å². The summed E-state index contributed by atoms with van der Waals surface area (Å²) in [5.41, 5.74) is 0. The van der Waals surface area contributed by atoms with E-state index < -0.39 is 5.97 Å². The van der Waals surface area contributed by atoms with Crippen LogP contribution in [0.1, 0.15) is 110 Å². The van der Waals surface area contributed by atoms with E-state index in [4.69, 9.17) is 5.11 Å². The average Bonchev–Trinajstić information content (AvgIpc) is 2.59. The molecule has 0 heterocycles. The Labute approximate surface area is 156 Å². The van der Waals surface area contributed by atoms with Gasteiger partial charge in [-0.05, 0) is 12.2 Å². The first-order valence-electron chi connectivity index (χ1n) is 10.1. The minimum absolute atomic E-state index is 0.833. The maximum atomic E-state index is 9.25. The molecule has 0 saturated heterocycles. The zero-order valence-corrected chi connectivity index (χ0v) is 17.0. The fourth-order valence-corrected chi connectivity index (χ4v) is 2.88. The van der Waals surface area contributed by atoms with Gasteiger partial charge in [0.25, 0.3) is 0 Å². The number of hydrogen-bond acceptors (Lipinski definition) is 2. The molecule has 0 aromatic heterocycles.